The van der Waals surface area contributed by atoms with Crippen LogP contribution in [0.25, 0.3) is 127 Å². The first-order valence-electron chi connectivity index (χ1n) is 31.6. The predicted molar refractivity (Wildman–Crippen MR) is 382 cm³/mol. The Labute approximate surface area is 530 Å². The van der Waals surface area contributed by atoms with Crippen molar-refractivity contribution < 1.29 is 0 Å². The largest absolute Gasteiger partial charge is 0.310 e. The zero-order valence-electron chi connectivity index (χ0n) is 49.9. The van der Waals surface area contributed by atoms with Crippen molar-refractivity contribution in [3.63, 3.8) is 0 Å². The first kappa shape index (κ1) is 52.3. The molecule has 18 rings (SSSR count). The summed E-state index contributed by atoms with van der Waals surface area (Å²) in [5.74, 6) is 0. The summed E-state index contributed by atoms with van der Waals surface area (Å²) in [4.78, 5) is 2.43. The topological polar surface area (TPSA) is 8.17 Å². The van der Waals surface area contributed by atoms with Gasteiger partial charge >= 0.3 is 0 Å². The number of rotatable bonds is 11. The molecule has 2 heteroatoms. The van der Waals surface area contributed by atoms with E-state index in [0.717, 1.165) is 44.9 Å². The Morgan fingerprint density at radius 2 is 0.747 bits per heavy atom. The lowest BCUT2D eigenvalue weighted by Gasteiger charge is -2.36. The molecule has 15 aromatic carbocycles. The zero-order valence-corrected chi connectivity index (χ0v) is 49.9. The fourth-order valence-electron chi connectivity index (χ4n) is 15.4. The molecule has 0 saturated carbocycles. The average molecular weight is 1160 g/mol. The molecule has 2 heterocycles. The van der Waals surface area contributed by atoms with Gasteiger partial charge in [0, 0.05) is 38.8 Å². The van der Waals surface area contributed by atoms with E-state index in [9.17, 15) is 0 Å². The zero-order chi connectivity index (χ0) is 60.0. The smallest absolute Gasteiger partial charge is 0.0720 e. The molecule has 424 valence electrons. The molecule has 0 N–H and O–H groups in total. The third kappa shape index (κ3) is 8.27. The summed E-state index contributed by atoms with van der Waals surface area (Å²) in [6.07, 6.45) is 0. The molecule has 1 aliphatic carbocycles. The molecular weight excluding hydrogens is 1100 g/mol. The van der Waals surface area contributed by atoms with E-state index in [1.165, 1.54) is 122 Å². The van der Waals surface area contributed by atoms with Gasteiger partial charge in [0.2, 0.25) is 0 Å². The minimum absolute atomic E-state index is 0.680. The third-order valence-electron chi connectivity index (χ3n) is 19.4. The molecule has 2 aliphatic rings. The molecule has 1 unspecified atom stereocenters. The van der Waals surface area contributed by atoms with Gasteiger partial charge in [0.25, 0.3) is 0 Å². The highest BCUT2D eigenvalue weighted by Crippen LogP contribution is 2.63. The third-order valence-corrected chi connectivity index (χ3v) is 19.4. The molecule has 0 amide bonds. The second-order valence-electron chi connectivity index (χ2n) is 24.2. The first-order valence-corrected chi connectivity index (χ1v) is 31.6. The van der Waals surface area contributed by atoms with Gasteiger partial charge in [-0.1, -0.05) is 303 Å². The van der Waals surface area contributed by atoms with Crippen molar-refractivity contribution in [1.82, 2.24) is 4.57 Å². The molecule has 0 fully saturated rings. The van der Waals surface area contributed by atoms with Crippen LogP contribution in [-0.2, 0) is 5.41 Å². The minimum Gasteiger partial charge on any atom is -0.310 e. The van der Waals surface area contributed by atoms with E-state index in [1.807, 2.05) is 0 Å². The highest BCUT2D eigenvalue weighted by molar-refractivity contribution is 6.19. The highest BCUT2D eigenvalue weighted by Gasteiger charge is 2.50. The lowest BCUT2D eigenvalue weighted by atomic mass is 9.65. The first-order chi connectivity index (χ1) is 45.2. The van der Waals surface area contributed by atoms with E-state index in [-0.39, 0.29) is 0 Å². The Morgan fingerprint density at radius 1 is 0.253 bits per heavy atom. The van der Waals surface area contributed by atoms with Crippen LogP contribution >= 0.6 is 0 Å². The molecule has 1 atom stereocenters. The SMILES string of the molecule is c1ccc(-c2cccc(C3(c4ccccc4-c4ccccc4)c4cccc5c4-c4c3ccc3c6ccccc6n(c43)-c3cc(-c4ccc(-c6cccc(N(c7cccc(-c8cccc9ccccc89)c7)c7ccccc7-c7ccccc7)c6)cc4)ccc3-5)c2)cc1. The number of para-hydroxylation sites is 2. The second-order valence-corrected chi connectivity index (χ2v) is 24.2. The lowest BCUT2D eigenvalue weighted by Crippen LogP contribution is -2.29. The van der Waals surface area contributed by atoms with Crippen LogP contribution in [0.2, 0.25) is 0 Å². The summed E-state index contributed by atoms with van der Waals surface area (Å²) >= 11 is 0. The van der Waals surface area contributed by atoms with Crippen LogP contribution in [0.5, 0.6) is 0 Å². The van der Waals surface area contributed by atoms with Gasteiger partial charge < -0.3 is 9.47 Å². The van der Waals surface area contributed by atoms with Gasteiger partial charge in [-0.2, -0.15) is 0 Å². The Bertz CT molecular complexity index is 5520. The number of hydrogen-bond donors (Lipinski definition) is 0. The second kappa shape index (κ2) is 21.2. The fourth-order valence-corrected chi connectivity index (χ4v) is 15.4. The van der Waals surface area contributed by atoms with Gasteiger partial charge in [0.15, 0.2) is 0 Å². The maximum atomic E-state index is 2.60. The molecule has 91 heavy (non-hydrogen) atoms. The molecule has 0 bridgehead atoms. The number of aromatic nitrogens is 1. The van der Waals surface area contributed by atoms with Crippen LogP contribution in [0.15, 0.2) is 352 Å². The van der Waals surface area contributed by atoms with Crippen molar-refractivity contribution in [3.05, 3.63) is 374 Å². The summed E-state index contributed by atoms with van der Waals surface area (Å²) in [7, 11) is 0. The molecular formula is C89H58N2. The molecule has 0 saturated heterocycles. The molecule has 2 nitrogen and oxygen atoms in total. The van der Waals surface area contributed by atoms with Crippen LogP contribution in [0.1, 0.15) is 22.3 Å². The lowest BCUT2D eigenvalue weighted by molar-refractivity contribution is 0.771. The van der Waals surface area contributed by atoms with Crippen molar-refractivity contribution in [3.8, 4) is 94.7 Å². The van der Waals surface area contributed by atoms with Crippen LogP contribution in [0.3, 0.4) is 0 Å². The van der Waals surface area contributed by atoms with Crippen LogP contribution in [0.4, 0.5) is 17.1 Å². The summed E-state index contributed by atoms with van der Waals surface area (Å²) in [5.41, 5.74) is 30.5. The maximum Gasteiger partial charge on any atom is 0.0720 e. The van der Waals surface area contributed by atoms with Gasteiger partial charge in [-0.15, -0.1) is 0 Å². The summed E-state index contributed by atoms with van der Waals surface area (Å²) < 4.78 is 2.60. The molecule has 1 aromatic heterocycles. The monoisotopic (exact) mass is 1150 g/mol. The van der Waals surface area contributed by atoms with Crippen molar-refractivity contribution >= 4 is 49.6 Å². The Morgan fingerprint density at radius 3 is 1.52 bits per heavy atom. The average Bonchev–Trinajstić information content (AvgIpc) is 1.51. The van der Waals surface area contributed by atoms with E-state index < -0.39 is 5.41 Å². The van der Waals surface area contributed by atoms with Crippen molar-refractivity contribution in [2.24, 2.45) is 0 Å². The Balaban J connectivity index is 0.782. The number of hydrogen-bond acceptors (Lipinski definition) is 1. The van der Waals surface area contributed by atoms with Crippen molar-refractivity contribution in [2.45, 2.75) is 5.41 Å². The van der Waals surface area contributed by atoms with Gasteiger partial charge in [-0.3, -0.25) is 0 Å². The molecule has 0 radical (unpaired) electrons. The summed E-state index contributed by atoms with van der Waals surface area (Å²) in [6.45, 7) is 0. The normalized spacial score (nSPS) is 13.5. The van der Waals surface area contributed by atoms with Crippen LogP contribution in [-0.4, -0.2) is 4.57 Å². The predicted octanol–water partition coefficient (Wildman–Crippen LogP) is 23.8. The highest BCUT2D eigenvalue weighted by atomic mass is 15.1. The van der Waals surface area contributed by atoms with Crippen LogP contribution < -0.4 is 4.90 Å². The van der Waals surface area contributed by atoms with E-state index in [4.69, 9.17) is 0 Å². The molecule has 1 aliphatic heterocycles. The number of fused-ring (bicyclic) bond motifs is 7. The number of anilines is 3. The van der Waals surface area contributed by atoms with E-state index in [0.29, 0.717) is 0 Å². The Kier molecular flexibility index (Phi) is 12.2. The summed E-state index contributed by atoms with van der Waals surface area (Å²) in [6, 6.07) is 131. The maximum absolute atomic E-state index is 2.60. The minimum atomic E-state index is -0.680. The van der Waals surface area contributed by atoms with Crippen molar-refractivity contribution in [1.29, 1.82) is 0 Å². The summed E-state index contributed by atoms with van der Waals surface area (Å²) in [5, 5.41) is 4.97. The van der Waals surface area contributed by atoms with E-state index in [2.05, 4.69) is 361 Å². The quantitative estimate of drug-likeness (QED) is 0.125. The van der Waals surface area contributed by atoms with E-state index >= 15 is 0 Å². The molecule has 0 spiro atoms. The standard InChI is InChI=1S/C89H58N2/c1-4-23-59(24-5-1)65-31-18-34-69(55-65)89(80-43-15-12-38-74(80)63-25-6-2-7-26-63)81-44-22-42-78-77-52-51-67(58-85(77)91-84-46-17-14-40-76(84)79-53-54-82(89)87(86(78)81)88(79)91)61-49-47-60(48-50-61)66-32-19-35-70(56-66)90(83-45-16-13-39-75(83)64-27-8-3-9-28-64)71-36-20-33-68(57-71)73-41-21-30-62-29-10-11-37-72(62)73/h1-58H. The van der Waals surface area contributed by atoms with E-state index in [1.54, 1.807) is 0 Å². The van der Waals surface area contributed by atoms with Gasteiger partial charge in [-0.25, -0.2) is 0 Å². The van der Waals surface area contributed by atoms with Gasteiger partial charge in [0.1, 0.15) is 0 Å². The van der Waals surface area contributed by atoms with Crippen LogP contribution in [0, 0.1) is 0 Å². The Hall–Kier alpha value is -11.8. The number of benzene rings is 15. The fraction of sp³-hybridized carbons (Fsp3) is 0.0112. The van der Waals surface area contributed by atoms with Gasteiger partial charge in [0.05, 0.1) is 27.8 Å². The van der Waals surface area contributed by atoms with Crippen molar-refractivity contribution in [2.75, 3.05) is 4.90 Å². The number of nitrogens with zero attached hydrogens (tertiary/aromatic N) is 2. The van der Waals surface area contributed by atoms with Gasteiger partial charge in [-0.05, 0) is 154 Å². The molecule has 16 aromatic rings.